The molecule has 13 heteroatoms. The van der Waals surface area contributed by atoms with Crippen LogP contribution in [0.15, 0.2) is 51.5 Å². The van der Waals surface area contributed by atoms with Gasteiger partial charge in [-0.25, -0.2) is 16.0 Å². The number of hydroxylamine groups is 2. The molecule has 0 aromatic carbocycles. The first kappa shape index (κ1) is 29.7. The Morgan fingerprint density at radius 2 is 1.17 bits per heavy atom. The van der Waals surface area contributed by atoms with Crippen molar-refractivity contribution in [3.63, 3.8) is 0 Å². The highest BCUT2D eigenvalue weighted by atomic mass is 32.2. The van der Waals surface area contributed by atoms with Gasteiger partial charge in [0.2, 0.25) is 11.8 Å². The largest absolute Gasteiger partial charge is 0.361 e. The van der Waals surface area contributed by atoms with E-state index < -0.39 is 0 Å². The van der Waals surface area contributed by atoms with Gasteiger partial charge in [-0.3, -0.25) is 0 Å². The number of aromatic amines is 1. The lowest BCUT2D eigenvalue weighted by Crippen LogP contribution is -2.21. The molecule has 0 spiro atoms. The first-order chi connectivity index (χ1) is 16.4. The fourth-order valence-electron chi connectivity index (χ4n) is 2.03. The van der Waals surface area contributed by atoms with Crippen molar-refractivity contribution >= 4 is 29.5 Å². The number of aromatic nitrogens is 4. The fourth-order valence-corrected chi connectivity index (χ4v) is 2.68. The number of H-pyrrole nitrogens is 1. The van der Waals surface area contributed by atoms with Crippen molar-refractivity contribution in [1.29, 1.82) is 0 Å². The summed E-state index contributed by atoms with van der Waals surface area (Å²) in [7, 11) is 0. The zero-order valence-electron chi connectivity index (χ0n) is 21.8. The van der Waals surface area contributed by atoms with E-state index in [1.54, 1.807) is 0 Å². The summed E-state index contributed by atoms with van der Waals surface area (Å²) in [5.74, 6) is 5.99. The second-order valence-electron chi connectivity index (χ2n) is 8.67. The number of hydrogen-bond donors (Lipinski definition) is 4. The van der Waals surface area contributed by atoms with Crippen molar-refractivity contribution in [3.8, 4) is 0 Å². The van der Waals surface area contributed by atoms with Gasteiger partial charge in [0, 0.05) is 35.6 Å². The third-order valence-electron chi connectivity index (χ3n) is 4.07. The van der Waals surface area contributed by atoms with Crippen LogP contribution in [0.3, 0.4) is 0 Å². The summed E-state index contributed by atoms with van der Waals surface area (Å²) in [5.41, 5.74) is 5.31. The van der Waals surface area contributed by atoms with Crippen LogP contribution in [0, 0.1) is 17.8 Å². The minimum absolute atomic E-state index is 0.369. The molecular formula is C22H38N10O2S. The number of nitrogens with one attached hydrogen (secondary N) is 4. The number of hydrogen-bond acceptors (Lipinski definition) is 12. The Hall–Kier alpha value is -3.35. The van der Waals surface area contributed by atoms with Gasteiger partial charge in [-0.15, -0.1) is 10.2 Å². The van der Waals surface area contributed by atoms with Crippen LogP contribution in [0.2, 0.25) is 0 Å². The Balaban J connectivity index is 0.000000234. The minimum atomic E-state index is 0.369. The van der Waals surface area contributed by atoms with E-state index in [9.17, 15) is 0 Å². The maximum atomic E-state index is 4.78. The number of rotatable bonds is 4. The van der Waals surface area contributed by atoms with E-state index in [4.69, 9.17) is 9.68 Å². The number of aliphatic imine (C=N–C) groups is 3. The molecule has 0 saturated carbocycles. The molecule has 4 heterocycles. The quantitative estimate of drug-likeness (QED) is 0.442. The highest BCUT2D eigenvalue weighted by molar-refractivity contribution is 8.02. The molecule has 0 aliphatic carbocycles. The van der Waals surface area contributed by atoms with Crippen molar-refractivity contribution in [2.24, 2.45) is 32.7 Å². The van der Waals surface area contributed by atoms with Crippen LogP contribution in [0.25, 0.3) is 0 Å². The molecule has 0 radical (unpaired) electrons. The summed E-state index contributed by atoms with van der Waals surface area (Å²) in [6.45, 7) is 27.1. The molecule has 0 saturated heterocycles. The average Bonchev–Trinajstić information content (AvgIpc) is 3.57. The van der Waals surface area contributed by atoms with Crippen molar-refractivity contribution in [3.05, 3.63) is 42.4 Å². The lowest BCUT2D eigenvalue weighted by molar-refractivity contribution is 0.176. The molecule has 1 aromatic heterocycles. The second-order valence-corrected chi connectivity index (χ2v) is 9.55. The standard InChI is InChI=1S/2C6H10N2O.C6H10N2S.C4H8N4/c3*1-4(2)6-7-5(3)9-8-6;1-3(2)4-5-7-8-6-4/h3*4H,3H2,1-2H3,(H,7,8);3H,1-2H3,(H,5,6,7,8). The SMILES string of the molecule is C=C1N=C(C(C)C)NO1.C=C1N=C(C(C)C)NO1.C=C1N=C(C(C)C)NS1.CC(C)c1nn[nH]n1. The molecule has 0 fully saturated rings. The third-order valence-corrected chi connectivity index (χ3v) is 4.71. The number of amidine groups is 3. The minimum Gasteiger partial charge on any atom is -0.361 e. The molecule has 4 N–H and O–H groups in total. The highest BCUT2D eigenvalue weighted by Crippen LogP contribution is 2.19. The van der Waals surface area contributed by atoms with Gasteiger partial charge in [0.1, 0.15) is 22.5 Å². The summed E-state index contributed by atoms with van der Waals surface area (Å²) in [6.07, 6.45) is 0. The topological polar surface area (TPSA) is 146 Å². The Labute approximate surface area is 212 Å². The fraction of sp³-hybridized carbons (Fsp3) is 0.545. The van der Waals surface area contributed by atoms with Crippen molar-refractivity contribution in [2.75, 3.05) is 0 Å². The Bertz CT molecular complexity index is 844. The Morgan fingerprint density at radius 3 is 1.34 bits per heavy atom. The summed E-state index contributed by atoms with van der Waals surface area (Å²) in [6, 6.07) is 0. The van der Waals surface area contributed by atoms with E-state index in [0.29, 0.717) is 35.4 Å². The van der Waals surface area contributed by atoms with Crippen LogP contribution in [-0.2, 0) is 9.68 Å². The van der Waals surface area contributed by atoms with Crippen molar-refractivity contribution in [2.45, 2.75) is 61.3 Å². The van der Waals surface area contributed by atoms with Crippen LogP contribution in [0.5, 0.6) is 0 Å². The first-order valence-corrected chi connectivity index (χ1v) is 12.1. The Kier molecular flexibility index (Phi) is 12.6. The van der Waals surface area contributed by atoms with Gasteiger partial charge in [0.15, 0.2) is 5.82 Å². The van der Waals surface area contributed by atoms with Crippen LogP contribution in [0.1, 0.15) is 67.1 Å². The maximum absolute atomic E-state index is 4.78. The van der Waals surface area contributed by atoms with E-state index in [1.165, 1.54) is 11.9 Å². The van der Waals surface area contributed by atoms with E-state index in [2.05, 4.69) is 84.9 Å². The van der Waals surface area contributed by atoms with Crippen LogP contribution >= 0.6 is 11.9 Å². The molecule has 1 aromatic rings. The molecule has 0 amide bonds. The molecule has 3 aliphatic heterocycles. The number of tetrazole rings is 1. The van der Waals surface area contributed by atoms with Gasteiger partial charge < -0.3 is 14.4 Å². The zero-order chi connectivity index (χ0) is 26.5. The van der Waals surface area contributed by atoms with E-state index in [-0.39, 0.29) is 0 Å². The summed E-state index contributed by atoms with van der Waals surface area (Å²) >= 11 is 1.49. The molecule has 0 bridgehead atoms. The van der Waals surface area contributed by atoms with Gasteiger partial charge >= 0.3 is 0 Å². The number of nitrogens with zero attached hydrogens (tertiary/aromatic N) is 6. The molecule has 3 aliphatic rings. The lowest BCUT2D eigenvalue weighted by Gasteiger charge is -2.01. The first-order valence-electron chi connectivity index (χ1n) is 11.2. The summed E-state index contributed by atoms with van der Waals surface area (Å²) < 4.78 is 3.07. The van der Waals surface area contributed by atoms with Gasteiger partial charge in [-0.1, -0.05) is 67.2 Å². The van der Waals surface area contributed by atoms with E-state index in [0.717, 1.165) is 28.4 Å². The van der Waals surface area contributed by atoms with Crippen molar-refractivity contribution < 1.29 is 9.68 Å². The van der Waals surface area contributed by atoms with Crippen LogP contribution in [-0.4, -0.2) is 38.1 Å². The molecule has 0 unspecified atom stereocenters. The monoisotopic (exact) mass is 506 g/mol. The molecule has 0 atom stereocenters. The normalized spacial score (nSPS) is 15.9. The maximum Gasteiger partial charge on any atom is 0.240 e. The smallest absolute Gasteiger partial charge is 0.240 e. The molecule has 4 rings (SSSR count). The van der Waals surface area contributed by atoms with Crippen LogP contribution in [0.4, 0.5) is 0 Å². The van der Waals surface area contributed by atoms with Crippen molar-refractivity contribution in [1.82, 2.24) is 36.3 Å². The predicted molar refractivity (Wildman–Crippen MR) is 142 cm³/mol. The lowest BCUT2D eigenvalue weighted by atomic mass is 10.2. The second kappa shape index (κ2) is 14.8. The molecule has 35 heavy (non-hydrogen) atoms. The van der Waals surface area contributed by atoms with Gasteiger partial charge in [0.25, 0.3) is 0 Å². The van der Waals surface area contributed by atoms with E-state index in [1.807, 2.05) is 41.5 Å². The predicted octanol–water partition coefficient (Wildman–Crippen LogP) is 4.18. The molecule has 12 nitrogen and oxygen atoms in total. The van der Waals surface area contributed by atoms with Gasteiger partial charge in [-0.05, 0) is 13.2 Å². The summed E-state index contributed by atoms with van der Waals surface area (Å²) in [5, 5.41) is 14.2. The van der Waals surface area contributed by atoms with Gasteiger partial charge in [0.05, 0.1) is 0 Å². The molecular weight excluding hydrogens is 468 g/mol. The highest BCUT2D eigenvalue weighted by Gasteiger charge is 2.13. The Morgan fingerprint density at radius 1 is 0.686 bits per heavy atom. The van der Waals surface area contributed by atoms with Crippen LogP contribution < -0.4 is 15.7 Å². The summed E-state index contributed by atoms with van der Waals surface area (Å²) in [4.78, 5) is 21.7. The zero-order valence-corrected chi connectivity index (χ0v) is 22.7. The van der Waals surface area contributed by atoms with Gasteiger partial charge in [-0.2, -0.15) is 15.2 Å². The molecule has 194 valence electrons. The third kappa shape index (κ3) is 11.6. The average molecular weight is 507 g/mol. The van der Waals surface area contributed by atoms with E-state index >= 15 is 0 Å².